The fourth-order valence-corrected chi connectivity index (χ4v) is 3.11. The summed E-state index contributed by atoms with van der Waals surface area (Å²) in [5.74, 6) is -8.05. The minimum Gasteiger partial charge on any atom is -0.495 e. The van der Waals surface area contributed by atoms with Crippen molar-refractivity contribution in [2.75, 3.05) is 14.2 Å². The number of alkyl halides is 8. The maximum atomic E-state index is 13.9. The molecular weight excluding hydrogens is 486 g/mol. The van der Waals surface area contributed by atoms with Crippen molar-refractivity contribution < 1.29 is 49.4 Å². The van der Waals surface area contributed by atoms with Gasteiger partial charge >= 0.3 is 24.2 Å². The van der Waals surface area contributed by atoms with Gasteiger partial charge in [0.2, 0.25) is 0 Å². The number of aromatic nitrogens is 5. The third-order valence-electron chi connectivity index (χ3n) is 4.56. The number of para-hydroxylation sites is 1. The van der Waals surface area contributed by atoms with Crippen LogP contribution in [0.4, 0.5) is 35.1 Å². The summed E-state index contributed by atoms with van der Waals surface area (Å²) < 4.78 is 118. The Morgan fingerprint density at radius 2 is 1.68 bits per heavy atom. The standard InChI is InChI=1S/C18H13F8N5O3/c1-30-14(11(17(21,22)23)13(28-30)16(19,20)18(24,25)26)31-7-10(27-29-31)8-5-4-6-9(12(8)33-2)15(32)34-3/h4-7H,1-3H3. The van der Waals surface area contributed by atoms with Crippen LogP contribution in [0, 0.1) is 0 Å². The molecule has 184 valence electrons. The molecule has 3 aromatic rings. The van der Waals surface area contributed by atoms with Crippen LogP contribution < -0.4 is 4.74 Å². The van der Waals surface area contributed by atoms with E-state index in [2.05, 4.69) is 20.1 Å². The lowest BCUT2D eigenvalue weighted by atomic mass is 10.1. The van der Waals surface area contributed by atoms with Crippen molar-refractivity contribution >= 4 is 5.97 Å². The van der Waals surface area contributed by atoms with Crippen LogP contribution >= 0.6 is 0 Å². The van der Waals surface area contributed by atoms with Crippen LogP contribution in [0.25, 0.3) is 17.1 Å². The molecule has 0 unspecified atom stereocenters. The zero-order chi connectivity index (χ0) is 25.6. The maximum Gasteiger partial charge on any atom is 0.459 e. The molecule has 0 fully saturated rings. The lowest BCUT2D eigenvalue weighted by Gasteiger charge is -2.19. The zero-order valence-electron chi connectivity index (χ0n) is 17.3. The normalized spacial score (nSPS) is 12.7. The minimum atomic E-state index is -6.34. The Bertz CT molecular complexity index is 1230. The summed E-state index contributed by atoms with van der Waals surface area (Å²) in [6.45, 7) is 0. The topological polar surface area (TPSA) is 84.1 Å². The number of rotatable bonds is 5. The molecule has 0 N–H and O–H groups in total. The van der Waals surface area contributed by atoms with Crippen LogP contribution in [0.3, 0.4) is 0 Å². The Balaban J connectivity index is 2.23. The summed E-state index contributed by atoms with van der Waals surface area (Å²) in [7, 11) is 3.02. The highest BCUT2D eigenvalue weighted by Crippen LogP contribution is 2.49. The van der Waals surface area contributed by atoms with E-state index in [0.29, 0.717) is 4.68 Å². The molecule has 0 atom stereocenters. The molecule has 0 saturated carbocycles. The van der Waals surface area contributed by atoms with Gasteiger partial charge in [-0.2, -0.15) is 40.2 Å². The molecule has 16 heteroatoms. The average molecular weight is 499 g/mol. The molecule has 0 bridgehead atoms. The van der Waals surface area contributed by atoms with Crippen molar-refractivity contribution in [3.8, 4) is 22.8 Å². The summed E-state index contributed by atoms with van der Waals surface area (Å²) >= 11 is 0. The monoisotopic (exact) mass is 499 g/mol. The summed E-state index contributed by atoms with van der Waals surface area (Å²) in [6, 6.07) is 4.06. The molecule has 8 nitrogen and oxygen atoms in total. The Kier molecular flexibility index (Phi) is 6.04. The number of esters is 1. The van der Waals surface area contributed by atoms with Crippen molar-refractivity contribution in [3.05, 3.63) is 41.2 Å². The van der Waals surface area contributed by atoms with E-state index in [0.717, 1.165) is 20.4 Å². The molecule has 3 rings (SSSR count). The first-order chi connectivity index (χ1) is 15.6. The lowest BCUT2D eigenvalue weighted by molar-refractivity contribution is -0.292. The third kappa shape index (κ3) is 4.03. The second-order valence-corrected chi connectivity index (χ2v) is 6.67. The highest BCUT2D eigenvalue weighted by Gasteiger charge is 2.64. The molecule has 2 aromatic heterocycles. The second-order valence-electron chi connectivity index (χ2n) is 6.67. The van der Waals surface area contributed by atoms with Gasteiger partial charge in [-0.05, 0) is 12.1 Å². The number of methoxy groups -OCH3 is 2. The summed E-state index contributed by atoms with van der Waals surface area (Å²) in [6.07, 6.45) is -11.2. The van der Waals surface area contributed by atoms with E-state index in [4.69, 9.17) is 4.74 Å². The number of nitrogens with zero attached hydrogens (tertiary/aromatic N) is 5. The van der Waals surface area contributed by atoms with E-state index < -0.39 is 41.3 Å². The molecular formula is C18H13F8N5O3. The van der Waals surface area contributed by atoms with Gasteiger partial charge in [0.1, 0.15) is 22.6 Å². The summed E-state index contributed by atoms with van der Waals surface area (Å²) in [4.78, 5) is 11.9. The largest absolute Gasteiger partial charge is 0.495 e. The number of benzene rings is 1. The minimum absolute atomic E-state index is 0.0493. The molecule has 34 heavy (non-hydrogen) atoms. The van der Waals surface area contributed by atoms with Crippen molar-refractivity contribution in [2.45, 2.75) is 18.3 Å². The van der Waals surface area contributed by atoms with Gasteiger partial charge in [-0.15, -0.1) is 5.10 Å². The van der Waals surface area contributed by atoms with E-state index in [9.17, 15) is 39.9 Å². The maximum absolute atomic E-state index is 13.9. The Morgan fingerprint density at radius 1 is 1.03 bits per heavy atom. The van der Waals surface area contributed by atoms with Crippen LogP contribution in [-0.2, 0) is 23.9 Å². The molecule has 0 radical (unpaired) electrons. The number of ether oxygens (including phenoxy) is 2. The molecule has 0 spiro atoms. The number of halogens is 8. The molecule has 1 aromatic carbocycles. The molecule has 0 aliphatic carbocycles. The highest BCUT2D eigenvalue weighted by atomic mass is 19.4. The van der Waals surface area contributed by atoms with E-state index in [1.54, 1.807) is 0 Å². The zero-order valence-corrected chi connectivity index (χ0v) is 17.3. The van der Waals surface area contributed by atoms with Crippen LogP contribution in [0.1, 0.15) is 21.6 Å². The second kappa shape index (κ2) is 8.25. The van der Waals surface area contributed by atoms with Crippen molar-refractivity contribution in [2.24, 2.45) is 7.05 Å². The van der Waals surface area contributed by atoms with Gasteiger partial charge in [0.05, 0.1) is 20.4 Å². The number of hydrogen-bond acceptors (Lipinski definition) is 6. The van der Waals surface area contributed by atoms with Crippen molar-refractivity contribution in [1.29, 1.82) is 0 Å². The number of carbonyl (C=O) groups excluding carboxylic acids is 1. The Hall–Kier alpha value is -3.72. The predicted octanol–water partition coefficient (Wildman–Crippen LogP) is 4.14. The van der Waals surface area contributed by atoms with Gasteiger partial charge in [0.25, 0.3) is 0 Å². The Morgan fingerprint density at radius 3 is 2.21 bits per heavy atom. The fraction of sp³-hybridized carbons (Fsp3) is 0.333. The van der Waals surface area contributed by atoms with Gasteiger partial charge < -0.3 is 9.47 Å². The van der Waals surface area contributed by atoms with Crippen LogP contribution in [-0.4, -0.2) is 51.1 Å². The van der Waals surface area contributed by atoms with E-state index in [1.165, 1.54) is 25.3 Å². The quantitative estimate of drug-likeness (QED) is 0.388. The number of carbonyl (C=O) groups is 1. The number of aryl methyl sites for hydroxylation is 1. The third-order valence-corrected chi connectivity index (χ3v) is 4.56. The van der Waals surface area contributed by atoms with Crippen LogP contribution in [0.15, 0.2) is 24.4 Å². The van der Waals surface area contributed by atoms with Gasteiger partial charge in [-0.25, -0.2) is 14.2 Å². The van der Waals surface area contributed by atoms with E-state index >= 15 is 0 Å². The van der Waals surface area contributed by atoms with Gasteiger partial charge in [-0.1, -0.05) is 11.3 Å². The first-order valence-corrected chi connectivity index (χ1v) is 8.92. The molecule has 0 aliphatic rings. The van der Waals surface area contributed by atoms with E-state index in [1.807, 2.05) is 0 Å². The van der Waals surface area contributed by atoms with Gasteiger partial charge in [0.15, 0.2) is 11.5 Å². The highest BCUT2D eigenvalue weighted by molar-refractivity contribution is 5.95. The van der Waals surface area contributed by atoms with Crippen molar-refractivity contribution in [1.82, 2.24) is 24.8 Å². The summed E-state index contributed by atoms with van der Waals surface area (Å²) in [5.41, 5.74) is -5.09. The predicted molar refractivity (Wildman–Crippen MR) is 96.4 cm³/mol. The average Bonchev–Trinajstić information content (AvgIpc) is 3.36. The van der Waals surface area contributed by atoms with Crippen molar-refractivity contribution in [3.63, 3.8) is 0 Å². The smallest absolute Gasteiger partial charge is 0.459 e. The van der Waals surface area contributed by atoms with Gasteiger partial charge in [0, 0.05) is 12.6 Å². The lowest BCUT2D eigenvalue weighted by Crippen LogP contribution is -2.36. The van der Waals surface area contributed by atoms with Gasteiger partial charge in [-0.3, -0.25) is 0 Å². The molecule has 0 saturated heterocycles. The SMILES string of the molecule is COC(=O)c1cccc(-c2cn(-c3c(C(F)(F)F)c(C(F)(F)C(F)(F)F)nn3C)nn2)c1OC. The van der Waals surface area contributed by atoms with Crippen LogP contribution in [0.5, 0.6) is 5.75 Å². The van der Waals surface area contributed by atoms with Crippen LogP contribution in [0.2, 0.25) is 0 Å². The number of hydrogen-bond donors (Lipinski definition) is 0. The fourth-order valence-electron chi connectivity index (χ4n) is 3.11. The molecule has 0 amide bonds. The first kappa shape index (κ1) is 24.9. The summed E-state index contributed by atoms with van der Waals surface area (Å²) in [5, 5.41) is 9.89. The van der Waals surface area contributed by atoms with E-state index in [-0.39, 0.29) is 27.3 Å². The molecule has 0 aliphatic heterocycles. The Labute approximate surface area is 184 Å². The first-order valence-electron chi connectivity index (χ1n) is 8.92. The molecule has 2 heterocycles.